The Morgan fingerprint density at radius 1 is 1.35 bits per heavy atom. The predicted octanol–water partition coefficient (Wildman–Crippen LogP) is 3.46. The Morgan fingerprint density at radius 2 is 2.10 bits per heavy atom. The lowest BCUT2D eigenvalue weighted by Gasteiger charge is -2.18. The molecule has 1 fully saturated rings. The average molecular weight is 345 g/mol. The van der Waals surface area contributed by atoms with Gasteiger partial charge in [0.1, 0.15) is 11.5 Å². The van der Waals surface area contributed by atoms with Crippen molar-refractivity contribution in [2.45, 2.75) is 37.9 Å². The molecule has 112 valence electrons. The summed E-state index contributed by atoms with van der Waals surface area (Å²) in [6, 6.07) is 3.65. The largest absolute Gasteiger partial charge is 0.496 e. The third kappa shape index (κ3) is 3.65. The van der Waals surface area contributed by atoms with Gasteiger partial charge in [0.2, 0.25) is 0 Å². The standard InChI is InChI=1S/C15H21BrO4/c1-18-14-9-12(16)15(19-2)8-11(14)13(17)6-5-10-4-3-7-20-10/h8-10,13,17H,3-7H2,1-2H3. The minimum Gasteiger partial charge on any atom is -0.496 e. The molecule has 2 rings (SSSR count). The Kier molecular flexibility index (Phi) is 5.69. The normalized spacial score (nSPS) is 19.9. The minimum absolute atomic E-state index is 0.285. The molecule has 0 spiro atoms. The van der Waals surface area contributed by atoms with Gasteiger partial charge in [-0.25, -0.2) is 0 Å². The molecule has 5 heteroatoms. The maximum atomic E-state index is 10.4. The molecule has 1 aromatic carbocycles. The van der Waals surface area contributed by atoms with Crippen molar-refractivity contribution in [1.29, 1.82) is 0 Å². The van der Waals surface area contributed by atoms with E-state index in [2.05, 4.69) is 15.9 Å². The number of hydrogen-bond acceptors (Lipinski definition) is 4. The molecular weight excluding hydrogens is 324 g/mol. The lowest BCUT2D eigenvalue weighted by atomic mass is 10.0. The van der Waals surface area contributed by atoms with E-state index in [9.17, 15) is 5.11 Å². The molecule has 0 aliphatic carbocycles. The second-order valence-corrected chi connectivity index (χ2v) is 5.81. The van der Waals surface area contributed by atoms with Crippen LogP contribution >= 0.6 is 15.9 Å². The van der Waals surface area contributed by atoms with Crippen LogP contribution in [0.4, 0.5) is 0 Å². The zero-order valence-corrected chi connectivity index (χ0v) is 13.5. The van der Waals surface area contributed by atoms with E-state index < -0.39 is 6.10 Å². The van der Waals surface area contributed by atoms with Crippen molar-refractivity contribution in [2.75, 3.05) is 20.8 Å². The zero-order valence-electron chi connectivity index (χ0n) is 11.9. The van der Waals surface area contributed by atoms with Gasteiger partial charge in [-0.05, 0) is 53.7 Å². The van der Waals surface area contributed by atoms with Crippen LogP contribution in [0.2, 0.25) is 0 Å². The highest BCUT2D eigenvalue weighted by atomic mass is 79.9. The highest BCUT2D eigenvalue weighted by Gasteiger charge is 2.21. The Labute approximate surface area is 128 Å². The molecule has 0 radical (unpaired) electrons. The molecule has 0 bridgehead atoms. The van der Waals surface area contributed by atoms with Gasteiger partial charge >= 0.3 is 0 Å². The van der Waals surface area contributed by atoms with Crippen LogP contribution in [0.15, 0.2) is 16.6 Å². The van der Waals surface area contributed by atoms with Crippen LogP contribution in [0.1, 0.15) is 37.4 Å². The van der Waals surface area contributed by atoms with E-state index in [-0.39, 0.29) is 6.10 Å². The molecule has 1 aliphatic heterocycles. The Bertz CT molecular complexity index is 444. The van der Waals surface area contributed by atoms with Crippen molar-refractivity contribution in [3.63, 3.8) is 0 Å². The van der Waals surface area contributed by atoms with Gasteiger partial charge in [-0.1, -0.05) is 0 Å². The summed E-state index contributed by atoms with van der Waals surface area (Å²) in [7, 11) is 3.21. The van der Waals surface area contributed by atoms with Gasteiger partial charge in [-0.15, -0.1) is 0 Å². The van der Waals surface area contributed by atoms with Crippen LogP contribution in [0, 0.1) is 0 Å². The maximum absolute atomic E-state index is 10.4. The molecule has 2 unspecified atom stereocenters. The van der Waals surface area contributed by atoms with Crippen molar-refractivity contribution in [1.82, 2.24) is 0 Å². The van der Waals surface area contributed by atoms with Gasteiger partial charge < -0.3 is 19.3 Å². The van der Waals surface area contributed by atoms with E-state index in [0.29, 0.717) is 17.9 Å². The summed E-state index contributed by atoms with van der Waals surface area (Å²) in [5.41, 5.74) is 0.755. The van der Waals surface area contributed by atoms with Gasteiger partial charge in [0.25, 0.3) is 0 Å². The summed E-state index contributed by atoms with van der Waals surface area (Å²) < 4.78 is 17.0. The maximum Gasteiger partial charge on any atom is 0.133 e. The molecule has 0 saturated carbocycles. The van der Waals surface area contributed by atoms with Crippen LogP contribution in [0.25, 0.3) is 0 Å². The molecule has 1 heterocycles. The van der Waals surface area contributed by atoms with Crippen LogP contribution in [0.3, 0.4) is 0 Å². The van der Waals surface area contributed by atoms with Crippen LogP contribution in [0.5, 0.6) is 11.5 Å². The van der Waals surface area contributed by atoms with E-state index in [1.165, 1.54) is 0 Å². The van der Waals surface area contributed by atoms with Crippen LogP contribution in [-0.4, -0.2) is 32.0 Å². The third-order valence-corrected chi connectivity index (χ3v) is 4.27. The summed E-state index contributed by atoms with van der Waals surface area (Å²) in [6.07, 6.45) is 3.45. The second kappa shape index (κ2) is 7.29. The molecule has 0 aromatic heterocycles. The monoisotopic (exact) mass is 344 g/mol. The van der Waals surface area contributed by atoms with E-state index in [4.69, 9.17) is 14.2 Å². The Morgan fingerprint density at radius 3 is 2.70 bits per heavy atom. The van der Waals surface area contributed by atoms with Crippen LogP contribution in [-0.2, 0) is 4.74 Å². The first-order valence-corrected chi connectivity index (χ1v) is 7.66. The molecular formula is C15H21BrO4. The first kappa shape index (κ1) is 15.6. The highest BCUT2D eigenvalue weighted by Crippen LogP contribution is 2.37. The number of benzene rings is 1. The Hall–Kier alpha value is -0.780. The molecule has 1 N–H and O–H groups in total. The summed E-state index contributed by atoms with van der Waals surface area (Å²) in [4.78, 5) is 0. The van der Waals surface area contributed by atoms with Crippen molar-refractivity contribution >= 4 is 15.9 Å². The average Bonchev–Trinajstić information content (AvgIpc) is 2.97. The number of halogens is 1. The lowest BCUT2D eigenvalue weighted by Crippen LogP contribution is -2.09. The number of aliphatic hydroxyl groups excluding tert-OH is 1. The SMILES string of the molecule is COc1cc(C(O)CCC2CCCO2)c(OC)cc1Br. The van der Waals surface area contributed by atoms with Gasteiger partial charge in [0.05, 0.1) is 30.9 Å². The van der Waals surface area contributed by atoms with Crippen molar-refractivity contribution in [3.8, 4) is 11.5 Å². The first-order valence-electron chi connectivity index (χ1n) is 6.86. The zero-order chi connectivity index (χ0) is 14.5. The highest BCUT2D eigenvalue weighted by molar-refractivity contribution is 9.10. The summed E-state index contributed by atoms with van der Waals surface area (Å²) in [6.45, 7) is 0.843. The second-order valence-electron chi connectivity index (χ2n) is 4.96. The molecule has 20 heavy (non-hydrogen) atoms. The molecule has 0 amide bonds. The molecule has 1 aromatic rings. The fraction of sp³-hybridized carbons (Fsp3) is 0.600. The molecule has 4 nitrogen and oxygen atoms in total. The van der Waals surface area contributed by atoms with E-state index >= 15 is 0 Å². The molecule has 1 saturated heterocycles. The number of hydrogen-bond donors (Lipinski definition) is 1. The fourth-order valence-electron chi connectivity index (χ4n) is 2.52. The minimum atomic E-state index is -0.573. The number of ether oxygens (including phenoxy) is 3. The summed E-state index contributed by atoms with van der Waals surface area (Å²) in [5, 5.41) is 10.4. The van der Waals surface area contributed by atoms with Crippen LogP contribution < -0.4 is 9.47 Å². The quantitative estimate of drug-likeness (QED) is 0.858. The number of rotatable bonds is 6. The molecule has 1 aliphatic rings. The number of aliphatic hydroxyl groups is 1. The summed E-state index contributed by atoms with van der Waals surface area (Å²) in [5.74, 6) is 1.36. The van der Waals surface area contributed by atoms with Gasteiger partial charge in [-0.2, -0.15) is 0 Å². The summed E-state index contributed by atoms with van der Waals surface area (Å²) >= 11 is 3.42. The van der Waals surface area contributed by atoms with Crippen molar-refractivity contribution in [2.24, 2.45) is 0 Å². The number of methoxy groups -OCH3 is 2. The predicted molar refractivity (Wildman–Crippen MR) is 80.4 cm³/mol. The Balaban J connectivity index is 2.08. The van der Waals surface area contributed by atoms with E-state index in [1.54, 1.807) is 14.2 Å². The first-order chi connectivity index (χ1) is 9.65. The molecule has 2 atom stereocenters. The fourth-order valence-corrected chi connectivity index (χ4v) is 3.00. The lowest BCUT2D eigenvalue weighted by molar-refractivity contribution is 0.0805. The third-order valence-electron chi connectivity index (χ3n) is 3.65. The van der Waals surface area contributed by atoms with E-state index in [0.717, 1.165) is 35.9 Å². The van der Waals surface area contributed by atoms with Gasteiger partial charge in [0, 0.05) is 12.2 Å². The van der Waals surface area contributed by atoms with E-state index in [1.807, 2.05) is 12.1 Å². The topological polar surface area (TPSA) is 47.9 Å². The van der Waals surface area contributed by atoms with Crippen molar-refractivity contribution < 1.29 is 19.3 Å². The smallest absolute Gasteiger partial charge is 0.133 e. The van der Waals surface area contributed by atoms with Gasteiger partial charge in [0.15, 0.2) is 0 Å². The van der Waals surface area contributed by atoms with Gasteiger partial charge in [-0.3, -0.25) is 0 Å². The van der Waals surface area contributed by atoms with Crippen molar-refractivity contribution in [3.05, 3.63) is 22.2 Å².